The first kappa shape index (κ1) is 17.5. The standard InChI is InChI=1S/C15H30N2O3S/c1-3-18-14(19-4-2)13(17-16)12-5-8-20-15(11-12)6-9-21-10-7-15/h12-14,17H,3-11,16H2,1-2H3. The maximum atomic E-state index is 6.17. The second-order valence-electron chi connectivity index (χ2n) is 5.87. The molecule has 2 aliphatic heterocycles. The van der Waals surface area contributed by atoms with Crippen LogP contribution in [0.25, 0.3) is 0 Å². The van der Waals surface area contributed by atoms with E-state index >= 15 is 0 Å². The summed E-state index contributed by atoms with van der Waals surface area (Å²) in [4.78, 5) is 0. The molecule has 6 heteroatoms. The zero-order valence-electron chi connectivity index (χ0n) is 13.3. The second kappa shape index (κ2) is 8.70. The molecule has 2 rings (SSSR count). The Bertz CT molecular complexity index is 289. The summed E-state index contributed by atoms with van der Waals surface area (Å²) in [6, 6.07) is 0.0280. The van der Waals surface area contributed by atoms with E-state index in [1.165, 1.54) is 11.5 Å². The van der Waals surface area contributed by atoms with Crippen molar-refractivity contribution in [3.05, 3.63) is 0 Å². The summed E-state index contributed by atoms with van der Waals surface area (Å²) < 4.78 is 17.7. The van der Waals surface area contributed by atoms with Crippen molar-refractivity contribution in [3.63, 3.8) is 0 Å². The van der Waals surface area contributed by atoms with Gasteiger partial charge in [-0.3, -0.25) is 11.3 Å². The largest absolute Gasteiger partial charge is 0.375 e. The Morgan fingerprint density at radius 1 is 1.29 bits per heavy atom. The molecule has 0 aromatic rings. The third-order valence-corrected chi connectivity index (χ3v) is 5.58. The van der Waals surface area contributed by atoms with Crippen molar-refractivity contribution in [1.82, 2.24) is 5.43 Å². The Labute approximate surface area is 132 Å². The molecule has 0 saturated carbocycles. The summed E-state index contributed by atoms with van der Waals surface area (Å²) in [5.74, 6) is 8.67. The summed E-state index contributed by atoms with van der Waals surface area (Å²) in [6.07, 6.45) is 4.10. The molecule has 2 aliphatic rings. The van der Waals surface area contributed by atoms with Crippen molar-refractivity contribution in [1.29, 1.82) is 0 Å². The lowest BCUT2D eigenvalue weighted by Crippen LogP contribution is -2.55. The normalized spacial score (nSPS) is 27.1. The van der Waals surface area contributed by atoms with Gasteiger partial charge < -0.3 is 14.2 Å². The van der Waals surface area contributed by atoms with E-state index in [1.807, 2.05) is 25.6 Å². The lowest BCUT2D eigenvalue weighted by Gasteiger charge is -2.46. The quantitative estimate of drug-likeness (QED) is 0.425. The minimum absolute atomic E-state index is 0.0280. The molecule has 3 N–H and O–H groups in total. The van der Waals surface area contributed by atoms with E-state index in [1.54, 1.807) is 0 Å². The van der Waals surface area contributed by atoms with Crippen LogP contribution in [0.3, 0.4) is 0 Å². The monoisotopic (exact) mass is 318 g/mol. The van der Waals surface area contributed by atoms with Crippen LogP contribution in [0.1, 0.15) is 39.5 Å². The topological polar surface area (TPSA) is 65.7 Å². The molecule has 0 aromatic heterocycles. The summed E-state index contributed by atoms with van der Waals surface area (Å²) in [6.45, 7) is 6.06. The third kappa shape index (κ3) is 4.56. The number of ether oxygens (including phenoxy) is 3. The summed E-state index contributed by atoms with van der Waals surface area (Å²) in [5, 5.41) is 0. The van der Waals surface area contributed by atoms with Crippen LogP contribution in [0.15, 0.2) is 0 Å². The molecule has 21 heavy (non-hydrogen) atoms. The summed E-state index contributed by atoms with van der Waals surface area (Å²) in [7, 11) is 0. The van der Waals surface area contributed by atoms with Crippen LogP contribution < -0.4 is 11.3 Å². The molecule has 0 amide bonds. The molecule has 0 aliphatic carbocycles. The minimum Gasteiger partial charge on any atom is -0.375 e. The van der Waals surface area contributed by atoms with Crippen molar-refractivity contribution >= 4 is 11.8 Å². The number of nitrogens with one attached hydrogen (secondary N) is 1. The third-order valence-electron chi connectivity index (χ3n) is 4.59. The lowest BCUT2D eigenvalue weighted by atomic mass is 9.78. The highest BCUT2D eigenvalue weighted by molar-refractivity contribution is 7.99. The van der Waals surface area contributed by atoms with Gasteiger partial charge in [0.1, 0.15) is 0 Å². The van der Waals surface area contributed by atoms with Gasteiger partial charge in [0.15, 0.2) is 6.29 Å². The molecule has 124 valence electrons. The van der Waals surface area contributed by atoms with E-state index in [4.69, 9.17) is 20.1 Å². The van der Waals surface area contributed by atoms with Gasteiger partial charge in [0.2, 0.25) is 0 Å². The number of hydrogen-bond acceptors (Lipinski definition) is 6. The van der Waals surface area contributed by atoms with Crippen LogP contribution in [-0.4, -0.2) is 49.3 Å². The van der Waals surface area contributed by atoms with Crippen molar-refractivity contribution in [2.45, 2.75) is 57.5 Å². The highest BCUT2D eigenvalue weighted by Crippen LogP contribution is 2.41. The average molecular weight is 318 g/mol. The highest BCUT2D eigenvalue weighted by atomic mass is 32.2. The van der Waals surface area contributed by atoms with Crippen molar-refractivity contribution in [2.75, 3.05) is 31.3 Å². The average Bonchev–Trinajstić information content (AvgIpc) is 2.49. The van der Waals surface area contributed by atoms with E-state index in [2.05, 4.69) is 5.43 Å². The first-order chi connectivity index (χ1) is 10.2. The molecule has 2 fully saturated rings. The zero-order valence-corrected chi connectivity index (χ0v) is 14.1. The fourth-order valence-corrected chi connectivity index (χ4v) is 4.72. The number of thioether (sulfide) groups is 1. The van der Waals surface area contributed by atoms with E-state index in [9.17, 15) is 0 Å². The lowest BCUT2D eigenvalue weighted by molar-refractivity contribution is -0.180. The van der Waals surface area contributed by atoms with E-state index in [0.717, 1.165) is 32.3 Å². The predicted octanol–water partition coefficient (Wildman–Crippen LogP) is 1.91. The molecule has 0 radical (unpaired) electrons. The van der Waals surface area contributed by atoms with Gasteiger partial charge in [0.05, 0.1) is 11.6 Å². The predicted molar refractivity (Wildman–Crippen MR) is 86.1 cm³/mol. The SMILES string of the molecule is CCOC(OCC)C(NN)C1CCOC2(CCSCC2)C1. The summed E-state index contributed by atoms with van der Waals surface area (Å²) >= 11 is 2.03. The number of hydrogen-bond donors (Lipinski definition) is 2. The number of hydrazine groups is 1. The molecule has 1 spiro atoms. The number of rotatable bonds is 7. The van der Waals surface area contributed by atoms with Crippen molar-refractivity contribution in [3.8, 4) is 0 Å². The van der Waals surface area contributed by atoms with Crippen LogP contribution in [0, 0.1) is 5.92 Å². The van der Waals surface area contributed by atoms with Gasteiger partial charge in [-0.2, -0.15) is 11.8 Å². The number of nitrogens with two attached hydrogens (primary N) is 1. The van der Waals surface area contributed by atoms with Gasteiger partial charge in [-0.15, -0.1) is 0 Å². The van der Waals surface area contributed by atoms with Gasteiger partial charge in [0, 0.05) is 19.8 Å². The van der Waals surface area contributed by atoms with Crippen LogP contribution >= 0.6 is 11.8 Å². The maximum Gasteiger partial charge on any atom is 0.174 e. The van der Waals surface area contributed by atoms with Gasteiger partial charge >= 0.3 is 0 Å². The first-order valence-corrected chi connectivity index (χ1v) is 9.31. The van der Waals surface area contributed by atoms with Crippen molar-refractivity contribution < 1.29 is 14.2 Å². The second-order valence-corrected chi connectivity index (χ2v) is 7.09. The molecular formula is C15H30N2O3S. The van der Waals surface area contributed by atoms with Crippen LogP contribution in [-0.2, 0) is 14.2 Å². The van der Waals surface area contributed by atoms with E-state index in [0.29, 0.717) is 19.1 Å². The smallest absolute Gasteiger partial charge is 0.174 e. The van der Waals surface area contributed by atoms with Gasteiger partial charge in [0.25, 0.3) is 0 Å². The fourth-order valence-electron chi connectivity index (χ4n) is 3.48. The molecule has 0 aromatic carbocycles. The summed E-state index contributed by atoms with van der Waals surface area (Å²) in [5.41, 5.74) is 3.01. The minimum atomic E-state index is -0.275. The Morgan fingerprint density at radius 3 is 2.52 bits per heavy atom. The Morgan fingerprint density at radius 2 is 1.95 bits per heavy atom. The fraction of sp³-hybridized carbons (Fsp3) is 1.00. The highest BCUT2D eigenvalue weighted by Gasteiger charge is 2.43. The first-order valence-electron chi connectivity index (χ1n) is 8.15. The van der Waals surface area contributed by atoms with E-state index < -0.39 is 0 Å². The van der Waals surface area contributed by atoms with Gasteiger partial charge in [-0.1, -0.05) is 0 Å². The molecular weight excluding hydrogens is 288 g/mol. The molecule has 0 bridgehead atoms. The Balaban J connectivity index is 2.02. The van der Waals surface area contributed by atoms with Gasteiger partial charge in [-0.25, -0.2) is 0 Å². The van der Waals surface area contributed by atoms with Gasteiger partial charge in [-0.05, 0) is 57.0 Å². The van der Waals surface area contributed by atoms with Crippen LogP contribution in [0.2, 0.25) is 0 Å². The molecule has 2 atom stereocenters. The van der Waals surface area contributed by atoms with Crippen molar-refractivity contribution in [2.24, 2.45) is 11.8 Å². The van der Waals surface area contributed by atoms with Crippen LogP contribution in [0.5, 0.6) is 0 Å². The maximum absolute atomic E-state index is 6.17. The Hall–Kier alpha value is 0.150. The zero-order chi connectivity index (χ0) is 15.1. The Kier molecular flexibility index (Phi) is 7.25. The molecule has 2 unspecified atom stereocenters. The molecule has 2 saturated heterocycles. The van der Waals surface area contributed by atoms with E-state index in [-0.39, 0.29) is 17.9 Å². The van der Waals surface area contributed by atoms with Crippen LogP contribution in [0.4, 0.5) is 0 Å². The molecule has 5 nitrogen and oxygen atoms in total. The molecule has 2 heterocycles.